The van der Waals surface area contributed by atoms with Crippen molar-refractivity contribution in [3.63, 3.8) is 0 Å². The zero-order valence-corrected chi connectivity index (χ0v) is 9.62. The smallest absolute Gasteiger partial charge is 0.116 e. The van der Waals surface area contributed by atoms with Gasteiger partial charge >= 0.3 is 0 Å². The minimum absolute atomic E-state index is 0.114. The van der Waals surface area contributed by atoms with Crippen LogP contribution in [0, 0.1) is 0 Å². The molecule has 1 nitrogen and oxygen atoms in total. The maximum Gasteiger partial charge on any atom is 0.116 e. The van der Waals surface area contributed by atoms with Crippen LogP contribution in [0.2, 0.25) is 0 Å². The Morgan fingerprint density at radius 2 is 1.58 bits per heavy atom. The van der Waals surface area contributed by atoms with E-state index in [0.717, 1.165) is 15.6 Å². The number of hydrogen-bond donors (Lipinski definition) is 1. The largest absolute Gasteiger partial charge is 0.508 e. The van der Waals surface area contributed by atoms with Gasteiger partial charge in [0.1, 0.15) is 5.76 Å². The first-order valence-corrected chi connectivity index (χ1v) is 4.56. The van der Waals surface area contributed by atoms with Gasteiger partial charge in [-0.15, -0.1) is 0 Å². The number of halogens is 1. The number of aliphatic hydroxyl groups excluding tert-OH is 1. The predicted molar refractivity (Wildman–Crippen MR) is 57.4 cm³/mol. The van der Waals surface area contributed by atoms with E-state index >= 15 is 0 Å². The second-order valence-corrected chi connectivity index (χ2v) is 4.17. The van der Waals surface area contributed by atoms with Gasteiger partial charge in [-0.2, -0.15) is 0 Å². The SMILES string of the molecule is C=C(O)/C(C(C)=C(C)C)=C(/C)Br. The normalized spacial score (nSPS) is 12.1. The van der Waals surface area contributed by atoms with Crippen LogP contribution in [0.4, 0.5) is 0 Å². The summed E-state index contributed by atoms with van der Waals surface area (Å²) in [5.74, 6) is 0.114. The van der Waals surface area contributed by atoms with Crippen LogP contribution in [-0.2, 0) is 0 Å². The monoisotopic (exact) mass is 230 g/mol. The van der Waals surface area contributed by atoms with E-state index < -0.39 is 0 Å². The molecule has 0 amide bonds. The molecule has 2 heteroatoms. The van der Waals surface area contributed by atoms with Gasteiger partial charge in [-0.3, -0.25) is 0 Å². The summed E-state index contributed by atoms with van der Waals surface area (Å²) in [7, 11) is 0. The Morgan fingerprint density at radius 3 is 1.67 bits per heavy atom. The van der Waals surface area contributed by atoms with Crippen molar-refractivity contribution >= 4 is 15.9 Å². The molecular weight excluding hydrogens is 216 g/mol. The molecule has 68 valence electrons. The fourth-order valence-corrected chi connectivity index (χ4v) is 1.45. The van der Waals surface area contributed by atoms with Gasteiger partial charge in [-0.05, 0) is 33.3 Å². The number of aliphatic hydroxyl groups is 1. The molecule has 0 aliphatic carbocycles. The molecule has 0 aromatic carbocycles. The highest BCUT2D eigenvalue weighted by atomic mass is 79.9. The molecule has 0 bridgehead atoms. The number of hydrogen-bond acceptors (Lipinski definition) is 1. The lowest BCUT2D eigenvalue weighted by Crippen LogP contribution is -1.93. The average Bonchev–Trinajstić information content (AvgIpc) is 1.85. The minimum atomic E-state index is 0.114. The molecular formula is C10H15BrO. The lowest BCUT2D eigenvalue weighted by Gasteiger charge is -2.09. The van der Waals surface area contributed by atoms with E-state index in [1.54, 1.807) is 0 Å². The Morgan fingerprint density at radius 1 is 1.17 bits per heavy atom. The highest BCUT2D eigenvalue weighted by Crippen LogP contribution is 2.25. The maximum absolute atomic E-state index is 9.29. The van der Waals surface area contributed by atoms with Crippen molar-refractivity contribution in [2.75, 3.05) is 0 Å². The first-order valence-electron chi connectivity index (χ1n) is 3.77. The Kier molecular flexibility index (Phi) is 4.32. The molecule has 0 aromatic rings. The van der Waals surface area contributed by atoms with Crippen molar-refractivity contribution in [3.8, 4) is 0 Å². The summed E-state index contributed by atoms with van der Waals surface area (Å²) >= 11 is 3.33. The van der Waals surface area contributed by atoms with Gasteiger partial charge in [-0.25, -0.2) is 0 Å². The molecule has 0 atom stereocenters. The van der Waals surface area contributed by atoms with Crippen molar-refractivity contribution in [3.05, 3.63) is 33.5 Å². The molecule has 0 spiro atoms. The molecule has 0 rings (SSSR count). The van der Waals surface area contributed by atoms with Crippen LogP contribution < -0.4 is 0 Å². The Labute approximate surface area is 82.6 Å². The molecule has 0 aliphatic heterocycles. The summed E-state index contributed by atoms with van der Waals surface area (Å²) in [6, 6.07) is 0. The van der Waals surface area contributed by atoms with E-state index in [9.17, 15) is 5.11 Å². The van der Waals surface area contributed by atoms with Gasteiger partial charge in [0.25, 0.3) is 0 Å². The van der Waals surface area contributed by atoms with Crippen LogP contribution in [0.15, 0.2) is 33.5 Å². The topological polar surface area (TPSA) is 20.2 Å². The van der Waals surface area contributed by atoms with E-state index in [4.69, 9.17) is 0 Å². The van der Waals surface area contributed by atoms with Gasteiger partial charge in [-0.1, -0.05) is 28.1 Å². The van der Waals surface area contributed by atoms with Crippen molar-refractivity contribution < 1.29 is 5.11 Å². The lowest BCUT2D eigenvalue weighted by molar-refractivity contribution is 0.427. The van der Waals surface area contributed by atoms with Gasteiger partial charge in [0.15, 0.2) is 0 Å². The zero-order valence-electron chi connectivity index (χ0n) is 8.03. The van der Waals surface area contributed by atoms with Crippen molar-refractivity contribution in [1.82, 2.24) is 0 Å². The van der Waals surface area contributed by atoms with Crippen LogP contribution in [0.25, 0.3) is 0 Å². The van der Waals surface area contributed by atoms with E-state index in [2.05, 4.69) is 22.5 Å². The molecule has 0 saturated heterocycles. The summed E-state index contributed by atoms with van der Waals surface area (Å²) in [4.78, 5) is 0. The third kappa shape index (κ3) is 2.86. The summed E-state index contributed by atoms with van der Waals surface area (Å²) in [6.45, 7) is 11.4. The van der Waals surface area contributed by atoms with Gasteiger partial charge in [0, 0.05) is 10.1 Å². The van der Waals surface area contributed by atoms with Gasteiger partial charge in [0.2, 0.25) is 0 Å². The fourth-order valence-electron chi connectivity index (χ4n) is 0.924. The third-order valence-electron chi connectivity index (χ3n) is 1.76. The van der Waals surface area contributed by atoms with Gasteiger partial charge < -0.3 is 5.11 Å². The molecule has 0 saturated carbocycles. The highest BCUT2D eigenvalue weighted by Gasteiger charge is 2.07. The standard InChI is InChI=1S/C10H15BrO/c1-6(2)7(3)10(8(4)11)9(5)12/h12H,5H2,1-4H3/b10-8-. The first-order chi connectivity index (χ1) is 5.37. The Balaban J connectivity index is 5.21. The zero-order chi connectivity index (χ0) is 9.89. The van der Waals surface area contributed by atoms with Crippen LogP contribution >= 0.6 is 15.9 Å². The fraction of sp³-hybridized carbons (Fsp3) is 0.400. The molecule has 0 aromatic heterocycles. The van der Waals surface area contributed by atoms with E-state index in [1.165, 1.54) is 5.57 Å². The van der Waals surface area contributed by atoms with E-state index in [0.29, 0.717) is 0 Å². The third-order valence-corrected chi connectivity index (χ3v) is 2.15. The van der Waals surface area contributed by atoms with Crippen LogP contribution in [0.1, 0.15) is 27.7 Å². The number of rotatable bonds is 2. The molecule has 0 unspecified atom stereocenters. The molecule has 0 radical (unpaired) electrons. The van der Waals surface area contributed by atoms with E-state index in [-0.39, 0.29) is 5.76 Å². The second-order valence-electron chi connectivity index (χ2n) is 2.98. The first kappa shape index (κ1) is 11.5. The molecule has 12 heavy (non-hydrogen) atoms. The maximum atomic E-state index is 9.29. The molecule has 0 aliphatic rings. The summed E-state index contributed by atoms with van der Waals surface area (Å²) in [6.07, 6.45) is 0. The quantitative estimate of drug-likeness (QED) is 0.560. The Hall–Kier alpha value is -0.500. The molecule has 0 heterocycles. The van der Waals surface area contributed by atoms with Crippen LogP contribution in [-0.4, -0.2) is 5.11 Å². The predicted octanol–water partition coefficient (Wildman–Crippen LogP) is 4.08. The van der Waals surface area contributed by atoms with E-state index in [1.807, 2.05) is 27.7 Å². The summed E-state index contributed by atoms with van der Waals surface area (Å²) < 4.78 is 0.911. The number of allylic oxidation sites excluding steroid dienone is 3. The minimum Gasteiger partial charge on any atom is -0.508 e. The average molecular weight is 231 g/mol. The van der Waals surface area contributed by atoms with Crippen LogP contribution in [0.3, 0.4) is 0 Å². The highest BCUT2D eigenvalue weighted by molar-refractivity contribution is 9.11. The molecule has 1 N–H and O–H groups in total. The van der Waals surface area contributed by atoms with Crippen molar-refractivity contribution in [1.29, 1.82) is 0 Å². The lowest BCUT2D eigenvalue weighted by atomic mass is 10.0. The summed E-state index contributed by atoms with van der Waals surface area (Å²) in [5, 5.41) is 9.29. The summed E-state index contributed by atoms with van der Waals surface area (Å²) in [5.41, 5.74) is 3.05. The van der Waals surface area contributed by atoms with Gasteiger partial charge in [0.05, 0.1) is 0 Å². The Bertz CT molecular complexity index is 251. The van der Waals surface area contributed by atoms with Crippen molar-refractivity contribution in [2.45, 2.75) is 27.7 Å². The second kappa shape index (κ2) is 4.51. The van der Waals surface area contributed by atoms with Crippen molar-refractivity contribution in [2.24, 2.45) is 0 Å². The molecule has 0 fully saturated rings. The van der Waals surface area contributed by atoms with Crippen LogP contribution in [0.5, 0.6) is 0 Å².